The summed E-state index contributed by atoms with van der Waals surface area (Å²) in [5, 5.41) is 5.70. The van der Waals surface area contributed by atoms with E-state index in [0.717, 1.165) is 47.6 Å². The fourth-order valence-electron chi connectivity index (χ4n) is 2.63. The minimum Gasteiger partial charge on any atom is -0.309 e. The third-order valence-electron chi connectivity index (χ3n) is 3.63. The van der Waals surface area contributed by atoms with Crippen molar-refractivity contribution in [2.24, 2.45) is 0 Å². The zero-order chi connectivity index (χ0) is 15.5. The Balaban J connectivity index is 2.00. The predicted octanol–water partition coefficient (Wildman–Crippen LogP) is 2.62. The molecule has 0 aliphatic rings. The first kappa shape index (κ1) is 14.7. The summed E-state index contributed by atoms with van der Waals surface area (Å²) >= 11 is 0. The van der Waals surface area contributed by atoms with Crippen LogP contribution in [0.4, 0.5) is 0 Å². The Labute approximate surface area is 130 Å². The van der Waals surface area contributed by atoms with Crippen LogP contribution in [-0.2, 0) is 6.42 Å². The van der Waals surface area contributed by atoms with E-state index in [0.29, 0.717) is 0 Å². The summed E-state index contributed by atoms with van der Waals surface area (Å²) < 4.78 is 1.94. The van der Waals surface area contributed by atoms with Crippen LogP contribution < -0.4 is 0 Å². The van der Waals surface area contributed by atoms with Gasteiger partial charge in [0.1, 0.15) is 11.6 Å². The van der Waals surface area contributed by atoms with Gasteiger partial charge in [-0.15, -0.1) is 0 Å². The van der Waals surface area contributed by atoms with Gasteiger partial charge in [0, 0.05) is 18.0 Å². The molecule has 0 aliphatic heterocycles. The van der Waals surface area contributed by atoms with Crippen LogP contribution in [0.15, 0.2) is 36.5 Å². The number of rotatable bonds is 5. The lowest BCUT2D eigenvalue weighted by atomic mass is 10.2. The van der Waals surface area contributed by atoms with Crippen LogP contribution in [0, 0.1) is 6.92 Å². The molecule has 3 aromatic rings. The number of nitrogens with zero attached hydrogens (tertiary/aromatic N) is 5. The summed E-state index contributed by atoms with van der Waals surface area (Å²) in [4.78, 5) is 11.3. The maximum Gasteiger partial charge on any atom is 0.148 e. The highest BCUT2D eigenvalue weighted by molar-refractivity contribution is 5.86. The van der Waals surface area contributed by atoms with Crippen molar-refractivity contribution in [3.8, 4) is 5.69 Å². The van der Waals surface area contributed by atoms with Gasteiger partial charge in [-0.25, -0.2) is 9.67 Å². The first-order chi connectivity index (χ1) is 10.6. The van der Waals surface area contributed by atoms with Crippen LogP contribution in [0.25, 0.3) is 16.6 Å². The largest absolute Gasteiger partial charge is 0.309 e. The van der Waals surface area contributed by atoms with E-state index in [-0.39, 0.29) is 0 Å². The van der Waals surface area contributed by atoms with Gasteiger partial charge in [-0.3, -0.25) is 4.98 Å². The van der Waals surface area contributed by atoms with Crippen LogP contribution in [0.5, 0.6) is 0 Å². The van der Waals surface area contributed by atoms with Crippen molar-refractivity contribution >= 4 is 10.9 Å². The highest BCUT2D eigenvalue weighted by Gasteiger charge is 2.12. The van der Waals surface area contributed by atoms with E-state index in [1.807, 2.05) is 29.9 Å². The van der Waals surface area contributed by atoms with Crippen molar-refractivity contribution < 1.29 is 0 Å². The number of pyridine rings is 1. The van der Waals surface area contributed by atoms with E-state index < -0.39 is 0 Å². The lowest BCUT2D eigenvalue weighted by Gasteiger charge is -2.10. The Morgan fingerprint density at radius 2 is 1.95 bits per heavy atom. The van der Waals surface area contributed by atoms with Gasteiger partial charge >= 0.3 is 0 Å². The summed E-state index contributed by atoms with van der Waals surface area (Å²) in [6, 6.07) is 10.2. The second-order valence-electron chi connectivity index (χ2n) is 5.75. The van der Waals surface area contributed by atoms with E-state index in [9.17, 15) is 0 Å². The molecular weight excluding hydrogens is 274 g/mol. The maximum absolute atomic E-state index is 4.60. The average Bonchev–Trinajstić information content (AvgIpc) is 2.87. The zero-order valence-corrected chi connectivity index (χ0v) is 13.3. The second-order valence-corrected chi connectivity index (χ2v) is 5.75. The molecule has 0 unspecified atom stereocenters. The minimum absolute atomic E-state index is 0.799. The first-order valence-electron chi connectivity index (χ1n) is 7.56. The normalized spacial score (nSPS) is 11.5. The first-order valence-corrected chi connectivity index (χ1v) is 7.56. The monoisotopic (exact) mass is 295 g/mol. The minimum atomic E-state index is 0.799. The molecule has 2 heterocycles. The molecule has 114 valence electrons. The van der Waals surface area contributed by atoms with Crippen molar-refractivity contribution in [3.63, 3.8) is 0 Å². The third kappa shape index (κ3) is 2.99. The summed E-state index contributed by atoms with van der Waals surface area (Å²) in [6.07, 6.45) is 3.78. The topological polar surface area (TPSA) is 46.8 Å². The molecule has 22 heavy (non-hydrogen) atoms. The molecule has 0 amide bonds. The predicted molar refractivity (Wildman–Crippen MR) is 88.3 cm³/mol. The van der Waals surface area contributed by atoms with Gasteiger partial charge in [-0.1, -0.05) is 18.2 Å². The third-order valence-corrected chi connectivity index (χ3v) is 3.63. The molecule has 0 aliphatic carbocycles. The quantitative estimate of drug-likeness (QED) is 0.726. The molecule has 5 nitrogen and oxygen atoms in total. The van der Waals surface area contributed by atoms with E-state index in [1.165, 1.54) is 0 Å². The molecule has 0 bridgehead atoms. The average molecular weight is 295 g/mol. The summed E-state index contributed by atoms with van der Waals surface area (Å²) in [5.41, 5.74) is 1.96. The number of fused-ring (bicyclic) bond motifs is 1. The molecule has 0 atom stereocenters. The molecule has 0 spiro atoms. The highest BCUT2D eigenvalue weighted by Crippen LogP contribution is 2.21. The molecule has 0 N–H and O–H groups in total. The Morgan fingerprint density at radius 3 is 2.77 bits per heavy atom. The molecule has 2 aromatic heterocycles. The fraction of sp³-hybridized carbons (Fsp3) is 0.353. The Kier molecular flexibility index (Phi) is 4.15. The summed E-state index contributed by atoms with van der Waals surface area (Å²) in [6.45, 7) is 2.98. The standard InChI is InChI=1S/C17H21N5/c1-13-19-16(10-6-12-21(2)3)22(20-13)15-9-4-7-14-8-5-11-18-17(14)15/h4-5,7-9,11H,6,10,12H2,1-3H3. The lowest BCUT2D eigenvalue weighted by molar-refractivity contribution is 0.398. The van der Waals surface area contributed by atoms with Gasteiger partial charge in [-0.2, -0.15) is 5.10 Å². The van der Waals surface area contributed by atoms with Crippen LogP contribution in [-0.4, -0.2) is 45.3 Å². The fourth-order valence-corrected chi connectivity index (χ4v) is 2.63. The van der Waals surface area contributed by atoms with Crippen molar-refractivity contribution in [2.75, 3.05) is 20.6 Å². The van der Waals surface area contributed by atoms with Crippen LogP contribution in [0.1, 0.15) is 18.1 Å². The van der Waals surface area contributed by atoms with E-state index in [1.54, 1.807) is 0 Å². The SMILES string of the molecule is Cc1nc(CCCN(C)C)n(-c2cccc3cccnc23)n1. The molecule has 1 aromatic carbocycles. The van der Waals surface area contributed by atoms with Crippen LogP contribution >= 0.6 is 0 Å². The lowest BCUT2D eigenvalue weighted by Crippen LogP contribution is -2.14. The zero-order valence-electron chi connectivity index (χ0n) is 13.3. The molecule has 0 fully saturated rings. The van der Waals surface area contributed by atoms with Crippen LogP contribution in [0.3, 0.4) is 0 Å². The molecule has 0 saturated heterocycles. The molecular formula is C17H21N5. The van der Waals surface area contributed by atoms with Crippen LogP contribution in [0.2, 0.25) is 0 Å². The number of aryl methyl sites for hydroxylation is 2. The second kappa shape index (κ2) is 6.23. The molecule has 3 rings (SSSR count). The van der Waals surface area contributed by atoms with Gasteiger partial charge in [0.25, 0.3) is 0 Å². The highest BCUT2D eigenvalue weighted by atomic mass is 15.4. The summed E-state index contributed by atoms with van der Waals surface area (Å²) in [7, 11) is 4.18. The van der Waals surface area contributed by atoms with Crippen molar-refractivity contribution in [3.05, 3.63) is 48.2 Å². The van der Waals surface area contributed by atoms with Gasteiger partial charge in [0.05, 0.1) is 11.2 Å². The van der Waals surface area contributed by atoms with Crippen molar-refractivity contribution in [1.29, 1.82) is 0 Å². The Morgan fingerprint density at radius 1 is 1.14 bits per heavy atom. The Hall–Kier alpha value is -2.27. The van der Waals surface area contributed by atoms with Crippen molar-refractivity contribution in [2.45, 2.75) is 19.8 Å². The molecule has 5 heteroatoms. The summed E-state index contributed by atoms with van der Waals surface area (Å²) in [5.74, 6) is 1.80. The number of benzene rings is 1. The van der Waals surface area contributed by atoms with Gasteiger partial charge < -0.3 is 4.90 Å². The van der Waals surface area contributed by atoms with E-state index in [4.69, 9.17) is 0 Å². The van der Waals surface area contributed by atoms with Gasteiger partial charge in [-0.05, 0) is 46.1 Å². The number of aromatic nitrogens is 4. The van der Waals surface area contributed by atoms with E-state index >= 15 is 0 Å². The number of hydrogen-bond donors (Lipinski definition) is 0. The molecule has 0 radical (unpaired) electrons. The smallest absolute Gasteiger partial charge is 0.148 e. The van der Waals surface area contributed by atoms with Gasteiger partial charge in [0.2, 0.25) is 0 Å². The maximum atomic E-state index is 4.60. The molecule has 0 saturated carbocycles. The Bertz CT molecular complexity index is 770. The number of para-hydroxylation sites is 1. The van der Waals surface area contributed by atoms with Crippen molar-refractivity contribution in [1.82, 2.24) is 24.6 Å². The van der Waals surface area contributed by atoms with Gasteiger partial charge in [0.15, 0.2) is 0 Å². The number of hydrogen-bond acceptors (Lipinski definition) is 4. The van der Waals surface area contributed by atoms with E-state index in [2.05, 4.69) is 52.3 Å².